The molecule has 0 aliphatic carbocycles. The lowest BCUT2D eigenvalue weighted by Crippen LogP contribution is -2.42. The molecule has 2 aromatic heterocycles. The van der Waals surface area contributed by atoms with Crippen LogP contribution in [0.4, 0.5) is 5.82 Å². The van der Waals surface area contributed by atoms with E-state index in [9.17, 15) is 5.26 Å². The maximum absolute atomic E-state index is 9.25. The molecule has 1 fully saturated rings. The van der Waals surface area contributed by atoms with Crippen LogP contribution in [-0.2, 0) is 7.05 Å². The number of rotatable bonds is 4. The average Bonchev–Trinajstić information content (AvgIpc) is 3.00. The van der Waals surface area contributed by atoms with E-state index in [2.05, 4.69) is 42.4 Å². The highest BCUT2D eigenvalue weighted by Gasteiger charge is 2.33. The van der Waals surface area contributed by atoms with Gasteiger partial charge in [-0.1, -0.05) is 0 Å². The van der Waals surface area contributed by atoms with Crippen molar-refractivity contribution >= 4 is 5.82 Å². The Kier molecular flexibility index (Phi) is 4.76. The summed E-state index contributed by atoms with van der Waals surface area (Å²) in [5.41, 5.74) is 1.61. The molecule has 3 rings (SSSR count). The fourth-order valence-corrected chi connectivity index (χ4v) is 3.70. The summed E-state index contributed by atoms with van der Waals surface area (Å²) < 4.78 is 2.10. The highest BCUT2D eigenvalue weighted by Crippen LogP contribution is 2.35. The van der Waals surface area contributed by atoms with Gasteiger partial charge in [-0.25, -0.2) is 15.0 Å². The van der Waals surface area contributed by atoms with E-state index in [0.29, 0.717) is 23.5 Å². The van der Waals surface area contributed by atoms with E-state index in [4.69, 9.17) is 0 Å². The molecule has 2 aromatic rings. The maximum Gasteiger partial charge on any atom is 0.183 e. The minimum absolute atomic E-state index is 0.316. The van der Waals surface area contributed by atoms with Gasteiger partial charge in [-0.15, -0.1) is 0 Å². The standard InChI is InChI=1S/C17H23N7/c1-22-8-4-5-13(16(22)15-10-19-12-24(15)3)11-23(2)17-14(9-18)20-6-7-21-17/h6-7,10,12-13,16H,4-5,8,11H2,1-3H3/t13-,16+/m0/s1. The number of nitriles is 1. The lowest BCUT2D eigenvalue weighted by molar-refractivity contribution is 0.118. The maximum atomic E-state index is 9.25. The molecule has 0 unspecified atom stereocenters. The number of anilines is 1. The monoisotopic (exact) mass is 325 g/mol. The molecular formula is C17H23N7. The van der Waals surface area contributed by atoms with E-state index in [1.54, 1.807) is 12.4 Å². The van der Waals surface area contributed by atoms with Crippen molar-refractivity contribution in [3.8, 4) is 6.07 Å². The predicted molar refractivity (Wildman–Crippen MR) is 91.3 cm³/mol. The lowest BCUT2D eigenvalue weighted by Gasteiger charge is -2.41. The Hall–Kier alpha value is -2.46. The van der Waals surface area contributed by atoms with Crippen LogP contribution >= 0.6 is 0 Å². The van der Waals surface area contributed by atoms with E-state index < -0.39 is 0 Å². The Labute approximate surface area is 142 Å². The summed E-state index contributed by atoms with van der Waals surface area (Å²) in [6.07, 6.45) is 9.33. The zero-order valence-corrected chi connectivity index (χ0v) is 14.4. The van der Waals surface area contributed by atoms with E-state index in [-0.39, 0.29) is 0 Å². The third kappa shape index (κ3) is 3.10. The Morgan fingerprint density at radius 1 is 1.33 bits per heavy atom. The van der Waals surface area contributed by atoms with Gasteiger partial charge in [0.05, 0.1) is 18.1 Å². The van der Waals surface area contributed by atoms with Crippen molar-refractivity contribution in [2.24, 2.45) is 13.0 Å². The average molecular weight is 325 g/mol. The fourth-order valence-electron chi connectivity index (χ4n) is 3.70. The number of hydrogen-bond acceptors (Lipinski definition) is 6. The SMILES string of the molecule is CN(C[C@@H]1CCCN(C)[C@H]1c1cncn1C)c1nccnc1C#N. The van der Waals surface area contributed by atoms with Crippen molar-refractivity contribution in [3.05, 3.63) is 36.3 Å². The van der Waals surface area contributed by atoms with Gasteiger partial charge in [-0.05, 0) is 32.4 Å². The number of likely N-dealkylation sites (tertiary alicyclic amines) is 1. The Morgan fingerprint density at radius 2 is 2.12 bits per heavy atom. The van der Waals surface area contributed by atoms with Crippen molar-refractivity contribution in [3.63, 3.8) is 0 Å². The van der Waals surface area contributed by atoms with Crippen LogP contribution in [0.25, 0.3) is 0 Å². The number of nitrogens with zero attached hydrogens (tertiary/aromatic N) is 7. The van der Waals surface area contributed by atoms with Gasteiger partial charge < -0.3 is 9.47 Å². The zero-order valence-electron chi connectivity index (χ0n) is 14.4. The van der Waals surface area contributed by atoms with Gasteiger partial charge in [-0.2, -0.15) is 5.26 Å². The van der Waals surface area contributed by atoms with Crippen molar-refractivity contribution in [1.29, 1.82) is 5.26 Å². The summed E-state index contributed by atoms with van der Waals surface area (Å²) in [5, 5.41) is 9.25. The minimum Gasteiger partial charge on any atom is -0.357 e. The molecule has 0 bridgehead atoms. The van der Waals surface area contributed by atoms with Crippen LogP contribution in [0, 0.1) is 17.2 Å². The van der Waals surface area contributed by atoms with E-state index >= 15 is 0 Å². The normalized spacial score (nSPS) is 21.4. The third-order valence-electron chi connectivity index (χ3n) is 4.82. The minimum atomic E-state index is 0.316. The fraction of sp³-hybridized carbons (Fsp3) is 0.529. The summed E-state index contributed by atoms with van der Waals surface area (Å²) in [6.45, 7) is 1.91. The van der Waals surface area contributed by atoms with Crippen LogP contribution in [0.5, 0.6) is 0 Å². The number of hydrogen-bond donors (Lipinski definition) is 0. The highest BCUT2D eigenvalue weighted by molar-refractivity contribution is 5.48. The number of aromatic nitrogens is 4. The summed E-state index contributed by atoms with van der Waals surface area (Å²) >= 11 is 0. The Bertz CT molecular complexity index is 733. The molecule has 0 aromatic carbocycles. The highest BCUT2D eigenvalue weighted by atomic mass is 15.2. The van der Waals surface area contributed by atoms with Crippen LogP contribution < -0.4 is 4.90 Å². The van der Waals surface area contributed by atoms with Crippen LogP contribution in [0.2, 0.25) is 0 Å². The molecule has 126 valence electrons. The van der Waals surface area contributed by atoms with Gasteiger partial charge in [0.15, 0.2) is 11.5 Å². The number of imidazole rings is 1. The first-order chi connectivity index (χ1) is 11.6. The first-order valence-corrected chi connectivity index (χ1v) is 8.20. The van der Waals surface area contributed by atoms with E-state index in [1.165, 1.54) is 12.1 Å². The summed E-state index contributed by atoms with van der Waals surface area (Å²) in [6, 6.07) is 2.45. The van der Waals surface area contributed by atoms with Gasteiger partial charge >= 0.3 is 0 Å². The topological polar surface area (TPSA) is 73.9 Å². The molecule has 1 aliphatic rings. The molecule has 1 aliphatic heterocycles. The third-order valence-corrected chi connectivity index (χ3v) is 4.82. The second-order valence-corrected chi connectivity index (χ2v) is 6.48. The Balaban J connectivity index is 1.84. The molecular weight excluding hydrogens is 302 g/mol. The van der Waals surface area contributed by atoms with Crippen LogP contribution in [0.3, 0.4) is 0 Å². The van der Waals surface area contributed by atoms with Crippen LogP contribution in [-0.4, -0.2) is 51.6 Å². The molecule has 2 atom stereocenters. The first-order valence-electron chi connectivity index (χ1n) is 8.20. The number of aryl methyl sites for hydroxylation is 1. The smallest absolute Gasteiger partial charge is 0.183 e. The lowest BCUT2D eigenvalue weighted by atomic mass is 9.87. The summed E-state index contributed by atoms with van der Waals surface area (Å²) in [5.74, 6) is 1.09. The summed E-state index contributed by atoms with van der Waals surface area (Å²) in [4.78, 5) is 17.2. The molecule has 0 amide bonds. The van der Waals surface area contributed by atoms with Gasteiger partial charge in [0.2, 0.25) is 0 Å². The summed E-state index contributed by atoms with van der Waals surface area (Å²) in [7, 11) is 6.20. The van der Waals surface area contributed by atoms with E-state index in [0.717, 1.165) is 19.5 Å². The molecule has 24 heavy (non-hydrogen) atoms. The Morgan fingerprint density at radius 3 is 2.83 bits per heavy atom. The molecule has 7 nitrogen and oxygen atoms in total. The molecule has 1 saturated heterocycles. The second kappa shape index (κ2) is 6.97. The molecule has 7 heteroatoms. The first kappa shape index (κ1) is 16.4. The zero-order chi connectivity index (χ0) is 17.1. The molecule has 0 spiro atoms. The molecule has 0 saturated carbocycles. The van der Waals surface area contributed by atoms with Crippen molar-refractivity contribution in [2.45, 2.75) is 18.9 Å². The molecule has 0 radical (unpaired) electrons. The van der Waals surface area contributed by atoms with Crippen LogP contribution in [0.1, 0.15) is 30.3 Å². The van der Waals surface area contributed by atoms with Gasteiger partial charge in [0.25, 0.3) is 0 Å². The molecule has 3 heterocycles. The van der Waals surface area contributed by atoms with Crippen LogP contribution in [0.15, 0.2) is 24.9 Å². The van der Waals surface area contributed by atoms with E-state index in [1.807, 2.05) is 26.6 Å². The quantitative estimate of drug-likeness (QED) is 0.850. The number of piperidine rings is 1. The van der Waals surface area contributed by atoms with Crippen molar-refractivity contribution < 1.29 is 0 Å². The van der Waals surface area contributed by atoms with Crippen molar-refractivity contribution in [2.75, 3.05) is 32.1 Å². The van der Waals surface area contributed by atoms with Gasteiger partial charge in [0, 0.05) is 39.2 Å². The molecule has 0 N–H and O–H groups in total. The second-order valence-electron chi connectivity index (χ2n) is 6.48. The van der Waals surface area contributed by atoms with Gasteiger partial charge in [-0.3, -0.25) is 4.90 Å². The van der Waals surface area contributed by atoms with Gasteiger partial charge in [0.1, 0.15) is 6.07 Å². The van der Waals surface area contributed by atoms with Crippen molar-refractivity contribution in [1.82, 2.24) is 24.4 Å². The largest absolute Gasteiger partial charge is 0.357 e. The predicted octanol–water partition coefficient (Wildman–Crippen LogP) is 1.60.